The van der Waals surface area contributed by atoms with Gasteiger partial charge in [-0.3, -0.25) is 4.79 Å². The molecule has 2 aliphatic rings. The zero-order valence-corrected chi connectivity index (χ0v) is 19.0. The molecule has 3 aromatic rings. The monoisotopic (exact) mass is 458 g/mol. The molecule has 1 atom stereocenters. The van der Waals surface area contributed by atoms with Gasteiger partial charge >= 0.3 is 0 Å². The highest BCUT2D eigenvalue weighted by molar-refractivity contribution is 5.81. The van der Waals surface area contributed by atoms with Crippen molar-refractivity contribution in [3.8, 4) is 22.5 Å². The predicted octanol–water partition coefficient (Wildman–Crippen LogP) is 4.58. The maximum Gasteiger partial charge on any atom is 0.225 e. The van der Waals surface area contributed by atoms with Crippen LogP contribution < -0.4 is 5.01 Å². The van der Waals surface area contributed by atoms with E-state index < -0.39 is 0 Å². The molecule has 1 aromatic heterocycles. The van der Waals surface area contributed by atoms with Crippen LogP contribution in [0, 0.1) is 17.7 Å². The molecule has 8 heteroatoms. The quantitative estimate of drug-likeness (QED) is 0.366. The van der Waals surface area contributed by atoms with Crippen molar-refractivity contribution in [2.75, 3.05) is 18.1 Å². The number of carbonyl (C=O) groups excluding carboxylic acids is 1. The van der Waals surface area contributed by atoms with Gasteiger partial charge in [-0.2, -0.15) is 5.10 Å². The lowest BCUT2D eigenvalue weighted by molar-refractivity contribution is -0.131. The van der Waals surface area contributed by atoms with Gasteiger partial charge in [0.1, 0.15) is 12.1 Å². The van der Waals surface area contributed by atoms with Crippen molar-refractivity contribution < 1.29 is 9.18 Å². The Labute approximate surface area is 198 Å². The minimum absolute atomic E-state index is 0.243. The predicted molar refractivity (Wildman–Crippen MR) is 130 cm³/mol. The third-order valence-corrected chi connectivity index (χ3v) is 6.60. The summed E-state index contributed by atoms with van der Waals surface area (Å²) in [5.41, 5.74) is 2.88. The van der Waals surface area contributed by atoms with Crippen molar-refractivity contribution in [3.05, 3.63) is 67.4 Å². The van der Waals surface area contributed by atoms with Crippen LogP contribution in [0.1, 0.15) is 19.3 Å². The number of hydrazone groups is 1. The minimum atomic E-state index is -0.353. The second kappa shape index (κ2) is 9.21. The van der Waals surface area contributed by atoms with E-state index in [1.54, 1.807) is 23.6 Å². The number of amides is 1. The number of nitrogens with zero attached hydrogens (tertiary/aromatic N) is 6. The minimum Gasteiger partial charge on any atom is -0.342 e. The van der Waals surface area contributed by atoms with Gasteiger partial charge in [-0.15, -0.1) is 10.2 Å². The molecule has 1 aliphatic heterocycles. The molecule has 1 saturated heterocycles. The Bertz CT molecular complexity index is 1210. The first-order valence-electron chi connectivity index (χ1n) is 11.5. The number of hydrogen-bond acceptors (Lipinski definition) is 5. The molecule has 0 radical (unpaired) electrons. The van der Waals surface area contributed by atoms with Crippen LogP contribution in [-0.2, 0) is 11.3 Å². The van der Waals surface area contributed by atoms with Crippen molar-refractivity contribution in [1.82, 2.24) is 19.7 Å². The van der Waals surface area contributed by atoms with Crippen molar-refractivity contribution >= 4 is 18.3 Å². The fraction of sp³-hybridized carbons (Fsp3) is 0.308. The van der Waals surface area contributed by atoms with Crippen molar-refractivity contribution in [2.45, 2.75) is 25.8 Å². The van der Waals surface area contributed by atoms with Crippen LogP contribution in [0.5, 0.6) is 0 Å². The highest BCUT2D eigenvalue weighted by atomic mass is 19.1. The maximum atomic E-state index is 15.2. The van der Waals surface area contributed by atoms with Gasteiger partial charge in [0.25, 0.3) is 0 Å². The summed E-state index contributed by atoms with van der Waals surface area (Å²) in [6, 6.07) is 12.7. The molecule has 2 heterocycles. The van der Waals surface area contributed by atoms with E-state index in [2.05, 4.69) is 28.6 Å². The van der Waals surface area contributed by atoms with Crippen LogP contribution in [0.3, 0.4) is 0 Å². The summed E-state index contributed by atoms with van der Waals surface area (Å²) >= 11 is 0. The summed E-state index contributed by atoms with van der Waals surface area (Å²) in [6.07, 6.45) is 6.20. The molecule has 1 saturated carbocycles. The molecule has 1 amide bonds. The van der Waals surface area contributed by atoms with Gasteiger partial charge in [-0.05, 0) is 60.6 Å². The van der Waals surface area contributed by atoms with Gasteiger partial charge in [0.2, 0.25) is 5.91 Å². The second-order valence-electron chi connectivity index (χ2n) is 8.93. The number of benzene rings is 2. The first kappa shape index (κ1) is 22.0. The van der Waals surface area contributed by atoms with Gasteiger partial charge in [-0.1, -0.05) is 24.8 Å². The van der Waals surface area contributed by atoms with Crippen molar-refractivity contribution in [2.24, 2.45) is 16.9 Å². The molecule has 1 aliphatic carbocycles. The number of rotatable bonds is 8. The molecule has 5 rings (SSSR count). The first-order valence-corrected chi connectivity index (χ1v) is 11.5. The van der Waals surface area contributed by atoms with E-state index in [1.807, 2.05) is 39.8 Å². The molecule has 0 unspecified atom stereocenters. The Hall–Kier alpha value is -3.81. The standard InChI is InChI=1S/C26H27FN6O/c1-3-33(28-2)22-9-6-19(7-10-22)21-8-11-23(24(27)14-21)25-30-29-17-32(25)16-18-12-13-31(15-18)26(34)20-4-5-20/h3,6-11,14,17-18,20H,1-2,4-5,12-13,15-16H2/t18-/m1/s1. The van der Waals surface area contributed by atoms with E-state index in [1.165, 1.54) is 6.07 Å². The van der Waals surface area contributed by atoms with Crippen LogP contribution in [-0.4, -0.2) is 45.4 Å². The molecule has 0 N–H and O–H groups in total. The number of likely N-dealkylation sites (tertiary alicyclic amines) is 1. The number of aromatic nitrogens is 3. The molecule has 7 nitrogen and oxygen atoms in total. The second-order valence-corrected chi connectivity index (χ2v) is 8.93. The van der Waals surface area contributed by atoms with Crippen LogP contribution in [0.2, 0.25) is 0 Å². The molecule has 2 fully saturated rings. The van der Waals surface area contributed by atoms with Gasteiger partial charge in [0.05, 0.1) is 11.3 Å². The van der Waals surface area contributed by atoms with Gasteiger partial charge < -0.3 is 9.47 Å². The topological polar surface area (TPSA) is 66.6 Å². The molecule has 0 spiro atoms. The van der Waals surface area contributed by atoms with E-state index in [-0.39, 0.29) is 11.7 Å². The Balaban J connectivity index is 1.31. The van der Waals surface area contributed by atoms with Gasteiger partial charge in [0.15, 0.2) is 5.82 Å². The number of carbonyl (C=O) groups is 1. The summed E-state index contributed by atoms with van der Waals surface area (Å²) in [7, 11) is 0. The fourth-order valence-electron chi connectivity index (χ4n) is 4.57. The molecular weight excluding hydrogens is 431 g/mol. The lowest BCUT2D eigenvalue weighted by Gasteiger charge is -2.17. The average Bonchev–Trinajstić information content (AvgIpc) is 3.44. The number of hydrogen-bond donors (Lipinski definition) is 0. The lowest BCUT2D eigenvalue weighted by Crippen LogP contribution is -2.30. The first-order chi connectivity index (χ1) is 16.6. The fourth-order valence-corrected chi connectivity index (χ4v) is 4.57. The summed E-state index contributed by atoms with van der Waals surface area (Å²) in [6.45, 7) is 9.43. The van der Waals surface area contributed by atoms with Gasteiger partial charge in [0, 0.05) is 38.5 Å². The number of halogens is 1. The van der Waals surface area contributed by atoms with Gasteiger partial charge in [-0.25, -0.2) is 9.40 Å². The Morgan fingerprint density at radius 2 is 1.94 bits per heavy atom. The zero-order valence-electron chi connectivity index (χ0n) is 19.0. The van der Waals surface area contributed by atoms with E-state index in [0.29, 0.717) is 29.8 Å². The average molecular weight is 459 g/mol. The SMILES string of the molecule is C=CN(N=C)c1ccc(-c2ccc(-c3nncn3C[C@@H]3CCN(C(=O)C4CC4)C3)c(F)c2)cc1. The molecule has 34 heavy (non-hydrogen) atoms. The summed E-state index contributed by atoms with van der Waals surface area (Å²) < 4.78 is 17.1. The van der Waals surface area contributed by atoms with Crippen molar-refractivity contribution in [3.63, 3.8) is 0 Å². The van der Waals surface area contributed by atoms with Crippen LogP contribution >= 0.6 is 0 Å². The molecule has 2 aromatic carbocycles. The molecule has 174 valence electrons. The third-order valence-electron chi connectivity index (χ3n) is 6.60. The maximum absolute atomic E-state index is 15.2. The highest BCUT2D eigenvalue weighted by Crippen LogP contribution is 2.34. The normalized spacial score (nSPS) is 17.6. The van der Waals surface area contributed by atoms with Crippen LogP contribution in [0.25, 0.3) is 22.5 Å². The number of anilines is 1. The van der Waals surface area contributed by atoms with Crippen LogP contribution in [0.4, 0.5) is 10.1 Å². The van der Waals surface area contributed by atoms with Crippen LogP contribution in [0.15, 0.2) is 66.7 Å². The van der Waals surface area contributed by atoms with E-state index in [0.717, 1.165) is 49.2 Å². The summed E-state index contributed by atoms with van der Waals surface area (Å²) in [5.74, 6) is 1.00. The van der Waals surface area contributed by atoms with E-state index in [4.69, 9.17) is 0 Å². The third kappa shape index (κ3) is 4.35. The summed E-state index contributed by atoms with van der Waals surface area (Å²) in [5, 5.41) is 13.7. The van der Waals surface area contributed by atoms with E-state index in [9.17, 15) is 4.79 Å². The Morgan fingerprint density at radius 3 is 2.62 bits per heavy atom. The zero-order chi connectivity index (χ0) is 23.7. The lowest BCUT2D eigenvalue weighted by atomic mass is 10.0. The summed E-state index contributed by atoms with van der Waals surface area (Å²) in [4.78, 5) is 14.3. The highest BCUT2D eigenvalue weighted by Gasteiger charge is 2.36. The Morgan fingerprint density at radius 1 is 1.18 bits per heavy atom. The van der Waals surface area contributed by atoms with E-state index >= 15 is 4.39 Å². The van der Waals surface area contributed by atoms with Crippen molar-refractivity contribution in [1.29, 1.82) is 0 Å². The molecular formula is C26H27FN6O. The largest absolute Gasteiger partial charge is 0.342 e. The molecule has 0 bridgehead atoms. The smallest absolute Gasteiger partial charge is 0.225 e. The Kier molecular flexibility index (Phi) is 5.96.